The predicted molar refractivity (Wildman–Crippen MR) is 71.1 cm³/mol. The van der Waals surface area contributed by atoms with Gasteiger partial charge in [-0.15, -0.1) is 0 Å². The first kappa shape index (κ1) is 15.9. The number of benzene rings is 1. The molecule has 7 heteroatoms. The fourth-order valence-electron chi connectivity index (χ4n) is 1.63. The van der Waals surface area contributed by atoms with Crippen LogP contribution in [0.1, 0.15) is 13.3 Å². The van der Waals surface area contributed by atoms with Gasteiger partial charge in [-0.05, 0) is 19.1 Å². The molecular weight excluding hydrogens is 267 g/mol. The Hall–Kier alpha value is -2.15. The summed E-state index contributed by atoms with van der Waals surface area (Å²) in [4.78, 5) is 23.5. The Labute approximate surface area is 115 Å². The van der Waals surface area contributed by atoms with Crippen molar-refractivity contribution in [3.8, 4) is 0 Å². The van der Waals surface area contributed by atoms with Crippen molar-refractivity contribution >= 4 is 17.7 Å². The second-order valence-corrected chi connectivity index (χ2v) is 4.07. The zero-order valence-electron chi connectivity index (χ0n) is 11.0. The molecule has 6 nitrogen and oxygen atoms in total. The van der Waals surface area contributed by atoms with E-state index in [1.807, 2.05) is 0 Å². The lowest BCUT2D eigenvalue weighted by atomic mass is 10.2. The second kappa shape index (κ2) is 7.44. The topological polar surface area (TPSA) is 89.9 Å². The number of nitrogens with zero attached hydrogens (tertiary/aromatic N) is 1. The van der Waals surface area contributed by atoms with Crippen molar-refractivity contribution in [3.63, 3.8) is 0 Å². The summed E-state index contributed by atoms with van der Waals surface area (Å²) in [5.41, 5.74) is 0.145. The zero-order valence-corrected chi connectivity index (χ0v) is 11.0. The van der Waals surface area contributed by atoms with Crippen LogP contribution < -0.4 is 10.2 Å². The highest BCUT2D eigenvalue weighted by Crippen LogP contribution is 2.18. The van der Waals surface area contributed by atoms with Crippen molar-refractivity contribution in [3.05, 3.63) is 30.1 Å². The van der Waals surface area contributed by atoms with E-state index in [1.54, 1.807) is 13.0 Å². The van der Waals surface area contributed by atoms with Gasteiger partial charge in [0, 0.05) is 19.5 Å². The Morgan fingerprint density at radius 3 is 2.60 bits per heavy atom. The summed E-state index contributed by atoms with van der Waals surface area (Å²) in [5, 5.41) is 20.0. The summed E-state index contributed by atoms with van der Waals surface area (Å²) < 4.78 is 13.6. The number of aliphatic carboxylic acids is 1. The number of amides is 2. The minimum Gasteiger partial charge on any atom is -0.479 e. The summed E-state index contributed by atoms with van der Waals surface area (Å²) in [5.74, 6) is -1.87. The Kier molecular flexibility index (Phi) is 5.92. The summed E-state index contributed by atoms with van der Waals surface area (Å²) in [7, 11) is 0. The molecule has 0 saturated heterocycles. The van der Waals surface area contributed by atoms with Crippen molar-refractivity contribution in [1.29, 1.82) is 0 Å². The van der Waals surface area contributed by atoms with Gasteiger partial charge >= 0.3 is 12.0 Å². The summed E-state index contributed by atoms with van der Waals surface area (Å²) in [6, 6.07) is 5.32. The number of nitrogens with one attached hydrogen (secondary N) is 1. The van der Waals surface area contributed by atoms with Crippen molar-refractivity contribution in [2.45, 2.75) is 19.4 Å². The molecule has 0 aliphatic carbocycles. The third kappa shape index (κ3) is 4.20. The van der Waals surface area contributed by atoms with E-state index in [9.17, 15) is 14.0 Å². The molecule has 1 aromatic rings. The largest absolute Gasteiger partial charge is 0.479 e. The molecular formula is C13H17FN2O4. The first-order chi connectivity index (χ1) is 9.47. The van der Waals surface area contributed by atoms with Crippen LogP contribution in [-0.2, 0) is 4.79 Å². The van der Waals surface area contributed by atoms with Gasteiger partial charge in [0.2, 0.25) is 0 Å². The summed E-state index contributed by atoms with van der Waals surface area (Å²) in [6.07, 6.45) is -1.64. The van der Waals surface area contributed by atoms with Crippen LogP contribution in [0.3, 0.4) is 0 Å². The normalized spacial score (nSPS) is 11.8. The van der Waals surface area contributed by atoms with E-state index in [1.165, 1.54) is 23.1 Å². The van der Waals surface area contributed by atoms with E-state index in [2.05, 4.69) is 5.32 Å². The smallest absolute Gasteiger partial charge is 0.332 e. The zero-order chi connectivity index (χ0) is 15.1. The monoisotopic (exact) mass is 284 g/mol. The molecule has 0 aliphatic rings. The average Bonchev–Trinajstić information content (AvgIpc) is 2.41. The number of urea groups is 1. The van der Waals surface area contributed by atoms with Crippen LogP contribution in [0.15, 0.2) is 24.3 Å². The van der Waals surface area contributed by atoms with Crippen LogP contribution >= 0.6 is 0 Å². The molecule has 0 aliphatic heterocycles. The van der Waals surface area contributed by atoms with Gasteiger partial charge in [0.15, 0.2) is 6.10 Å². The van der Waals surface area contributed by atoms with E-state index in [0.717, 1.165) is 0 Å². The minimum atomic E-state index is -1.53. The molecule has 0 saturated carbocycles. The van der Waals surface area contributed by atoms with Gasteiger partial charge in [-0.25, -0.2) is 14.0 Å². The molecule has 20 heavy (non-hydrogen) atoms. The predicted octanol–water partition coefficient (Wildman–Crippen LogP) is 1.20. The highest BCUT2D eigenvalue weighted by molar-refractivity contribution is 5.92. The molecule has 1 unspecified atom stereocenters. The maximum atomic E-state index is 13.6. The number of hydrogen-bond acceptors (Lipinski definition) is 3. The number of hydrogen-bond donors (Lipinski definition) is 3. The highest BCUT2D eigenvalue weighted by Gasteiger charge is 2.18. The number of aliphatic hydroxyl groups excluding tert-OH is 1. The van der Waals surface area contributed by atoms with Gasteiger partial charge in [0.1, 0.15) is 5.82 Å². The quantitative estimate of drug-likeness (QED) is 0.732. The Morgan fingerprint density at radius 1 is 1.40 bits per heavy atom. The summed E-state index contributed by atoms with van der Waals surface area (Å²) in [6.45, 7) is 1.93. The van der Waals surface area contributed by atoms with E-state index in [0.29, 0.717) is 0 Å². The fraction of sp³-hybridized carbons (Fsp3) is 0.385. The lowest BCUT2D eigenvalue weighted by molar-refractivity contribution is -0.146. The maximum Gasteiger partial charge on any atom is 0.332 e. The Bertz CT molecular complexity index is 481. The van der Waals surface area contributed by atoms with Gasteiger partial charge in [-0.3, -0.25) is 4.90 Å². The second-order valence-electron chi connectivity index (χ2n) is 4.07. The van der Waals surface area contributed by atoms with Crippen LogP contribution in [-0.4, -0.2) is 41.4 Å². The number of para-hydroxylation sites is 1. The van der Waals surface area contributed by atoms with Crippen LogP contribution in [0.4, 0.5) is 14.9 Å². The number of carboxylic acids is 1. The number of aliphatic hydroxyl groups is 1. The molecule has 1 rings (SSSR count). The van der Waals surface area contributed by atoms with Crippen LogP contribution in [0, 0.1) is 5.82 Å². The van der Waals surface area contributed by atoms with Gasteiger partial charge in [0.05, 0.1) is 5.69 Å². The number of carbonyl (C=O) groups excluding carboxylic acids is 1. The minimum absolute atomic E-state index is 0.0166. The molecule has 0 spiro atoms. The molecule has 2 amide bonds. The number of carbonyl (C=O) groups is 2. The third-order valence-corrected chi connectivity index (χ3v) is 2.68. The molecule has 0 radical (unpaired) electrons. The number of carboxylic acid groups (broad SMARTS) is 1. The SMILES string of the molecule is CCN(C(=O)NCCC(O)C(=O)O)c1ccccc1F. The standard InChI is InChI=1S/C13H17FN2O4/c1-2-16(10-6-4-3-5-9(10)14)13(20)15-8-7-11(17)12(18)19/h3-6,11,17H,2,7-8H2,1H3,(H,15,20)(H,18,19). The molecule has 0 heterocycles. The van der Waals surface area contributed by atoms with Gasteiger partial charge in [-0.1, -0.05) is 12.1 Å². The molecule has 1 aromatic carbocycles. The number of halogens is 1. The average molecular weight is 284 g/mol. The first-order valence-corrected chi connectivity index (χ1v) is 6.18. The highest BCUT2D eigenvalue weighted by atomic mass is 19.1. The first-order valence-electron chi connectivity index (χ1n) is 6.18. The van der Waals surface area contributed by atoms with Gasteiger partial charge in [-0.2, -0.15) is 0 Å². The van der Waals surface area contributed by atoms with Crippen molar-refractivity contribution in [2.24, 2.45) is 0 Å². The fourth-order valence-corrected chi connectivity index (χ4v) is 1.63. The van der Waals surface area contributed by atoms with E-state index in [-0.39, 0.29) is 25.2 Å². The van der Waals surface area contributed by atoms with Gasteiger partial charge < -0.3 is 15.5 Å². The van der Waals surface area contributed by atoms with Crippen molar-refractivity contribution in [1.82, 2.24) is 5.32 Å². The summed E-state index contributed by atoms with van der Waals surface area (Å²) >= 11 is 0. The van der Waals surface area contributed by atoms with Crippen LogP contribution in [0.2, 0.25) is 0 Å². The van der Waals surface area contributed by atoms with Crippen LogP contribution in [0.5, 0.6) is 0 Å². The Balaban J connectivity index is 2.60. The lowest BCUT2D eigenvalue weighted by Crippen LogP contribution is -2.41. The third-order valence-electron chi connectivity index (χ3n) is 2.68. The molecule has 110 valence electrons. The van der Waals surface area contributed by atoms with Crippen molar-refractivity contribution < 1.29 is 24.2 Å². The van der Waals surface area contributed by atoms with Crippen LogP contribution in [0.25, 0.3) is 0 Å². The molecule has 1 atom stereocenters. The number of anilines is 1. The van der Waals surface area contributed by atoms with E-state index < -0.39 is 23.9 Å². The van der Waals surface area contributed by atoms with Crippen molar-refractivity contribution in [2.75, 3.05) is 18.0 Å². The molecule has 0 bridgehead atoms. The molecule has 0 aromatic heterocycles. The Morgan fingerprint density at radius 2 is 2.05 bits per heavy atom. The molecule has 3 N–H and O–H groups in total. The van der Waals surface area contributed by atoms with E-state index >= 15 is 0 Å². The molecule has 0 fully saturated rings. The maximum absolute atomic E-state index is 13.6. The lowest BCUT2D eigenvalue weighted by Gasteiger charge is -2.22. The van der Waals surface area contributed by atoms with E-state index in [4.69, 9.17) is 10.2 Å². The number of rotatable bonds is 6. The van der Waals surface area contributed by atoms with Gasteiger partial charge in [0.25, 0.3) is 0 Å².